The van der Waals surface area contributed by atoms with Crippen molar-refractivity contribution in [1.82, 2.24) is 0 Å². The third kappa shape index (κ3) is 2.29. The first-order valence-electron chi connectivity index (χ1n) is 5.08. The van der Waals surface area contributed by atoms with Crippen LogP contribution in [0.5, 0.6) is 0 Å². The molecular weight excluding hydrogens is 251 g/mol. The van der Waals surface area contributed by atoms with Gasteiger partial charge in [-0.25, -0.2) is 13.2 Å². The minimum atomic E-state index is -1.24. The van der Waals surface area contributed by atoms with E-state index in [1.807, 2.05) is 5.32 Å². The first-order valence-corrected chi connectivity index (χ1v) is 5.08. The van der Waals surface area contributed by atoms with E-state index < -0.39 is 46.9 Å². The molecule has 0 spiro atoms. The molecule has 2 rings (SSSR count). The molecule has 1 saturated carbocycles. The van der Waals surface area contributed by atoms with Crippen LogP contribution in [0.15, 0.2) is 12.1 Å². The van der Waals surface area contributed by atoms with Crippen molar-refractivity contribution in [2.45, 2.75) is 6.42 Å². The van der Waals surface area contributed by atoms with Crippen molar-refractivity contribution in [3.8, 4) is 0 Å². The Hall–Kier alpha value is -2.05. The molecule has 7 heteroatoms. The largest absolute Gasteiger partial charge is 0.481 e. The van der Waals surface area contributed by atoms with E-state index in [0.717, 1.165) is 0 Å². The number of halogens is 3. The summed E-state index contributed by atoms with van der Waals surface area (Å²) in [5.41, 5.74) is -0.766. The SMILES string of the molecule is O=C(O)C1CC1C(=O)Nc1c(F)cc(F)cc1F. The molecule has 0 aromatic heterocycles. The molecule has 18 heavy (non-hydrogen) atoms. The fraction of sp³-hybridized carbons (Fsp3) is 0.273. The minimum absolute atomic E-state index is 0.131. The molecule has 0 saturated heterocycles. The number of rotatable bonds is 3. The minimum Gasteiger partial charge on any atom is -0.481 e. The Labute approximate surface area is 99.4 Å². The summed E-state index contributed by atoms with van der Waals surface area (Å²) in [6, 6.07) is 0.862. The molecule has 0 heterocycles. The molecule has 2 N–H and O–H groups in total. The highest BCUT2D eigenvalue weighted by atomic mass is 19.1. The molecule has 1 amide bonds. The molecule has 4 nitrogen and oxygen atoms in total. The van der Waals surface area contributed by atoms with Gasteiger partial charge in [0.25, 0.3) is 0 Å². The van der Waals surface area contributed by atoms with Crippen LogP contribution in [0, 0.1) is 29.3 Å². The van der Waals surface area contributed by atoms with E-state index in [1.165, 1.54) is 0 Å². The van der Waals surface area contributed by atoms with Gasteiger partial charge >= 0.3 is 5.97 Å². The number of benzene rings is 1. The number of carboxylic acids is 1. The summed E-state index contributed by atoms with van der Waals surface area (Å²) in [5, 5.41) is 10.5. The van der Waals surface area contributed by atoms with Crippen molar-refractivity contribution >= 4 is 17.6 Å². The molecule has 1 aliphatic carbocycles. The van der Waals surface area contributed by atoms with Gasteiger partial charge in [0, 0.05) is 12.1 Å². The second kappa shape index (κ2) is 4.32. The van der Waals surface area contributed by atoms with Crippen molar-refractivity contribution in [3.63, 3.8) is 0 Å². The monoisotopic (exact) mass is 259 g/mol. The fourth-order valence-corrected chi connectivity index (χ4v) is 1.64. The van der Waals surface area contributed by atoms with E-state index >= 15 is 0 Å². The van der Waals surface area contributed by atoms with Crippen LogP contribution in [0.3, 0.4) is 0 Å². The van der Waals surface area contributed by atoms with Crippen LogP contribution in [0.25, 0.3) is 0 Å². The van der Waals surface area contributed by atoms with Crippen LogP contribution in [0.2, 0.25) is 0 Å². The van der Waals surface area contributed by atoms with E-state index in [2.05, 4.69) is 0 Å². The molecule has 1 aliphatic rings. The highest BCUT2D eigenvalue weighted by molar-refractivity contribution is 5.98. The third-order valence-electron chi connectivity index (χ3n) is 2.70. The third-order valence-corrected chi connectivity index (χ3v) is 2.70. The van der Waals surface area contributed by atoms with Gasteiger partial charge < -0.3 is 10.4 Å². The summed E-state index contributed by atoms with van der Waals surface area (Å²) in [6.07, 6.45) is 0.131. The summed E-state index contributed by atoms with van der Waals surface area (Å²) in [6.45, 7) is 0. The number of carbonyl (C=O) groups excluding carboxylic acids is 1. The van der Waals surface area contributed by atoms with E-state index in [0.29, 0.717) is 12.1 Å². The second-order valence-electron chi connectivity index (χ2n) is 4.02. The lowest BCUT2D eigenvalue weighted by atomic mass is 10.2. The highest BCUT2D eigenvalue weighted by Crippen LogP contribution is 2.39. The Morgan fingerprint density at radius 3 is 2.17 bits per heavy atom. The van der Waals surface area contributed by atoms with Gasteiger partial charge in [-0.3, -0.25) is 9.59 Å². The molecule has 1 aromatic rings. The Balaban J connectivity index is 2.11. The fourth-order valence-electron chi connectivity index (χ4n) is 1.64. The van der Waals surface area contributed by atoms with Gasteiger partial charge in [-0.1, -0.05) is 0 Å². The number of anilines is 1. The number of hydrogen-bond donors (Lipinski definition) is 2. The lowest BCUT2D eigenvalue weighted by Gasteiger charge is -2.07. The number of aliphatic carboxylic acids is 1. The first kappa shape index (κ1) is 12.4. The molecule has 1 fully saturated rings. The molecule has 2 atom stereocenters. The van der Waals surface area contributed by atoms with Gasteiger partial charge in [0.2, 0.25) is 5.91 Å². The predicted molar refractivity (Wildman–Crippen MR) is 54.2 cm³/mol. The average molecular weight is 259 g/mol. The number of hydrogen-bond acceptors (Lipinski definition) is 2. The maximum absolute atomic E-state index is 13.2. The zero-order chi connectivity index (χ0) is 13.4. The van der Waals surface area contributed by atoms with Crippen molar-refractivity contribution < 1.29 is 27.9 Å². The summed E-state index contributed by atoms with van der Waals surface area (Å²) >= 11 is 0. The maximum atomic E-state index is 13.2. The van der Waals surface area contributed by atoms with Gasteiger partial charge in [0.1, 0.15) is 11.5 Å². The molecule has 2 unspecified atom stereocenters. The Bertz CT molecular complexity index is 509. The second-order valence-corrected chi connectivity index (χ2v) is 4.02. The Kier molecular flexibility index (Phi) is 2.98. The molecule has 0 radical (unpaired) electrons. The van der Waals surface area contributed by atoms with E-state index in [4.69, 9.17) is 5.11 Å². The highest BCUT2D eigenvalue weighted by Gasteiger charge is 2.48. The van der Waals surface area contributed by atoms with Gasteiger partial charge in [0.05, 0.1) is 11.8 Å². The average Bonchev–Trinajstić information content (AvgIpc) is 3.02. The van der Waals surface area contributed by atoms with Gasteiger partial charge in [-0.2, -0.15) is 0 Å². The van der Waals surface area contributed by atoms with Crippen molar-refractivity contribution in [1.29, 1.82) is 0 Å². The molecule has 0 bridgehead atoms. The maximum Gasteiger partial charge on any atom is 0.307 e. The number of nitrogens with one attached hydrogen (secondary N) is 1. The van der Waals surface area contributed by atoms with E-state index in [-0.39, 0.29) is 6.42 Å². The lowest BCUT2D eigenvalue weighted by Crippen LogP contribution is -2.18. The van der Waals surface area contributed by atoms with Gasteiger partial charge in [-0.05, 0) is 6.42 Å². The topological polar surface area (TPSA) is 66.4 Å². The van der Waals surface area contributed by atoms with Crippen LogP contribution in [-0.4, -0.2) is 17.0 Å². The summed E-state index contributed by atoms with van der Waals surface area (Å²) in [5.74, 6) is -7.12. The van der Waals surface area contributed by atoms with Crippen molar-refractivity contribution in [3.05, 3.63) is 29.6 Å². The molecule has 1 aromatic carbocycles. The lowest BCUT2D eigenvalue weighted by molar-refractivity contribution is -0.139. The smallest absolute Gasteiger partial charge is 0.307 e. The zero-order valence-electron chi connectivity index (χ0n) is 8.91. The molecule has 0 aliphatic heterocycles. The van der Waals surface area contributed by atoms with Gasteiger partial charge in [0.15, 0.2) is 11.6 Å². The van der Waals surface area contributed by atoms with Crippen LogP contribution in [0.4, 0.5) is 18.9 Å². The molecular formula is C11H8F3NO3. The Morgan fingerprint density at radius 2 is 1.72 bits per heavy atom. The van der Waals surface area contributed by atoms with E-state index in [1.54, 1.807) is 0 Å². The standard InChI is InChI=1S/C11H8F3NO3/c12-4-1-7(13)9(8(14)2-4)15-10(16)5-3-6(5)11(17)18/h1-2,5-6H,3H2,(H,15,16)(H,17,18). The Morgan fingerprint density at radius 1 is 1.17 bits per heavy atom. The van der Waals surface area contributed by atoms with Crippen LogP contribution in [0.1, 0.15) is 6.42 Å². The van der Waals surface area contributed by atoms with Crippen LogP contribution >= 0.6 is 0 Å². The zero-order valence-corrected chi connectivity index (χ0v) is 8.91. The van der Waals surface area contributed by atoms with Crippen LogP contribution < -0.4 is 5.32 Å². The number of carboxylic acid groups (broad SMARTS) is 1. The predicted octanol–water partition coefficient (Wildman–Crippen LogP) is 1.76. The normalized spacial score (nSPS) is 21.5. The number of carbonyl (C=O) groups is 2. The van der Waals surface area contributed by atoms with Crippen LogP contribution in [-0.2, 0) is 9.59 Å². The summed E-state index contributed by atoms with van der Waals surface area (Å²) < 4.78 is 39.0. The van der Waals surface area contributed by atoms with Crippen molar-refractivity contribution in [2.75, 3.05) is 5.32 Å². The first-order chi connectivity index (χ1) is 8.40. The van der Waals surface area contributed by atoms with Gasteiger partial charge in [-0.15, -0.1) is 0 Å². The van der Waals surface area contributed by atoms with Crippen molar-refractivity contribution in [2.24, 2.45) is 11.8 Å². The summed E-state index contributed by atoms with van der Waals surface area (Å²) in [7, 11) is 0. The number of amides is 1. The van der Waals surface area contributed by atoms with E-state index in [9.17, 15) is 22.8 Å². The molecule has 96 valence electrons. The quantitative estimate of drug-likeness (QED) is 0.869. The summed E-state index contributed by atoms with van der Waals surface area (Å²) in [4.78, 5) is 22.0.